The molecule has 0 aliphatic carbocycles. The highest BCUT2D eigenvalue weighted by Gasteiger charge is 2.22. The van der Waals surface area contributed by atoms with E-state index in [-0.39, 0.29) is 6.79 Å². The molecule has 1 atom stereocenters. The molecule has 4 nitrogen and oxygen atoms in total. The Morgan fingerprint density at radius 2 is 1.95 bits per heavy atom. The molecule has 21 heavy (non-hydrogen) atoms. The van der Waals surface area contributed by atoms with Gasteiger partial charge in [-0.2, -0.15) is 0 Å². The molecule has 2 aromatic carbocycles. The predicted molar refractivity (Wildman–Crippen MR) is 79.0 cm³/mol. The molecule has 1 aliphatic heterocycles. The number of aliphatic hydroxyl groups excluding tert-OH is 1. The van der Waals surface area contributed by atoms with Crippen molar-refractivity contribution in [2.24, 2.45) is 0 Å². The Morgan fingerprint density at radius 3 is 2.67 bits per heavy atom. The van der Waals surface area contributed by atoms with Crippen LogP contribution >= 0.6 is 0 Å². The minimum atomic E-state index is -0.615. The fraction of sp³-hybridized carbons (Fsp3) is 0.294. The first kappa shape index (κ1) is 13.8. The first-order chi connectivity index (χ1) is 10.2. The van der Waals surface area contributed by atoms with Crippen molar-refractivity contribution in [1.29, 1.82) is 0 Å². The molecule has 0 saturated heterocycles. The SMILES string of the molecule is COc1cc(C(O)Cc2ccc(C)cc2)cc2c1OCO2. The van der Waals surface area contributed by atoms with Gasteiger partial charge in [0.1, 0.15) is 0 Å². The van der Waals surface area contributed by atoms with Crippen LogP contribution < -0.4 is 14.2 Å². The van der Waals surface area contributed by atoms with Crippen molar-refractivity contribution in [3.8, 4) is 17.2 Å². The summed E-state index contributed by atoms with van der Waals surface area (Å²) in [6, 6.07) is 11.8. The van der Waals surface area contributed by atoms with Crippen molar-refractivity contribution >= 4 is 0 Å². The van der Waals surface area contributed by atoms with E-state index in [9.17, 15) is 5.11 Å². The van der Waals surface area contributed by atoms with Gasteiger partial charge in [-0.15, -0.1) is 0 Å². The zero-order chi connectivity index (χ0) is 14.8. The second kappa shape index (κ2) is 5.66. The second-order valence-corrected chi connectivity index (χ2v) is 5.16. The topological polar surface area (TPSA) is 47.9 Å². The van der Waals surface area contributed by atoms with Gasteiger partial charge in [0.25, 0.3) is 0 Å². The van der Waals surface area contributed by atoms with Crippen LogP contribution in [0.4, 0.5) is 0 Å². The monoisotopic (exact) mass is 286 g/mol. The average Bonchev–Trinajstić information content (AvgIpc) is 2.97. The van der Waals surface area contributed by atoms with Gasteiger partial charge < -0.3 is 19.3 Å². The summed E-state index contributed by atoms with van der Waals surface area (Å²) in [5.74, 6) is 1.80. The zero-order valence-electron chi connectivity index (χ0n) is 12.1. The Morgan fingerprint density at radius 1 is 1.19 bits per heavy atom. The minimum absolute atomic E-state index is 0.184. The largest absolute Gasteiger partial charge is 0.493 e. The molecule has 4 heteroatoms. The molecule has 2 aromatic rings. The quantitative estimate of drug-likeness (QED) is 0.938. The van der Waals surface area contributed by atoms with Crippen LogP contribution in [0.1, 0.15) is 22.8 Å². The fourth-order valence-electron chi connectivity index (χ4n) is 2.41. The molecule has 1 N–H and O–H groups in total. The molecule has 1 aliphatic rings. The summed E-state index contributed by atoms with van der Waals surface area (Å²) in [4.78, 5) is 0. The number of fused-ring (bicyclic) bond motifs is 1. The summed E-state index contributed by atoms with van der Waals surface area (Å²) in [5, 5.41) is 10.4. The lowest BCUT2D eigenvalue weighted by Crippen LogP contribution is -2.02. The highest BCUT2D eigenvalue weighted by molar-refractivity contribution is 5.55. The highest BCUT2D eigenvalue weighted by atomic mass is 16.7. The first-order valence-corrected chi connectivity index (χ1v) is 6.88. The molecular weight excluding hydrogens is 268 g/mol. The lowest BCUT2D eigenvalue weighted by molar-refractivity contribution is 0.170. The maximum atomic E-state index is 10.4. The van der Waals surface area contributed by atoms with Gasteiger partial charge in [0.15, 0.2) is 11.5 Å². The first-order valence-electron chi connectivity index (χ1n) is 6.88. The van der Waals surface area contributed by atoms with E-state index in [1.807, 2.05) is 37.3 Å². The summed E-state index contributed by atoms with van der Waals surface area (Å²) in [7, 11) is 1.58. The number of rotatable bonds is 4. The van der Waals surface area contributed by atoms with Crippen LogP contribution in [-0.2, 0) is 6.42 Å². The van der Waals surface area contributed by atoms with Gasteiger partial charge in [0.2, 0.25) is 12.5 Å². The third-order valence-corrected chi connectivity index (χ3v) is 3.62. The standard InChI is InChI=1S/C17H18O4/c1-11-3-5-12(6-4-11)7-14(18)13-8-15(19-2)17-16(9-13)20-10-21-17/h3-6,8-9,14,18H,7,10H2,1-2H3. The van der Waals surface area contributed by atoms with E-state index in [0.29, 0.717) is 23.7 Å². The Balaban J connectivity index is 1.84. The van der Waals surface area contributed by atoms with E-state index in [4.69, 9.17) is 14.2 Å². The molecule has 0 fully saturated rings. The third-order valence-electron chi connectivity index (χ3n) is 3.62. The molecular formula is C17H18O4. The van der Waals surface area contributed by atoms with E-state index in [1.54, 1.807) is 13.2 Å². The van der Waals surface area contributed by atoms with Crippen molar-refractivity contribution in [1.82, 2.24) is 0 Å². The smallest absolute Gasteiger partial charge is 0.231 e. The Hall–Kier alpha value is -2.20. The second-order valence-electron chi connectivity index (χ2n) is 5.16. The van der Waals surface area contributed by atoms with Crippen LogP contribution in [0.15, 0.2) is 36.4 Å². The average molecular weight is 286 g/mol. The number of hydrogen-bond acceptors (Lipinski definition) is 4. The number of benzene rings is 2. The van der Waals surface area contributed by atoms with E-state index in [0.717, 1.165) is 11.1 Å². The van der Waals surface area contributed by atoms with Crippen molar-refractivity contribution in [3.63, 3.8) is 0 Å². The van der Waals surface area contributed by atoms with E-state index in [1.165, 1.54) is 5.56 Å². The van der Waals surface area contributed by atoms with Crippen LogP contribution in [0.2, 0.25) is 0 Å². The summed E-state index contributed by atoms with van der Waals surface area (Å²) < 4.78 is 16.0. The van der Waals surface area contributed by atoms with Gasteiger partial charge in [-0.05, 0) is 30.2 Å². The van der Waals surface area contributed by atoms with Gasteiger partial charge in [-0.25, -0.2) is 0 Å². The normalized spacial score (nSPS) is 14.0. The Kier molecular flexibility index (Phi) is 3.71. The predicted octanol–water partition coefficient (Wildman–Crippen LogP) is 3.01. The van der Waals surface area contributed by atoms with E-state index < -0.39 is 6.10 Å². The molecule has 0 aromatic heterocycles. The lowest BCUT2D eigenvalue weighted by atomic mass is 10.00. The van der Waals surface area contributed by atoms with Crippen molar-refractivity contribution < 1.29 is 19.3 Å². The van der Waals surface area contributed by atoms with Crippen LogP contribution in [0.3, 0.4) is 0 Å². The summed E-state index contributed by atoms with van der Waals surface area (Å²) in [6.45, 7) is 2.23. The molecule has 0 saturated carbocycles. The number of aliphatic hydroxyl groups is 1. The molecule has 0 amide bonds. The van der Waals surface area contributed by atoms with E-state index >= 15 is 0 Å². The molecule has 3 rings (SSSR count). The molecule has 0 bridgehead atoms. The van der Waals surface area contributed by atoms with Crippen LogP contribution in [-0.4, -0.2) is 19.0 Å². The number of methoxy groups -OCH3 is 1. The maximum absolute atomic E-state index is 10.4. The number of ether oxygens (including phenoxy) is 3. The minimum Gasteiger partial charge on any atom is -0.493 e. The maximum Gasteiger partial charge on any atom is 0.231 e. The van der Waals surface area contributed by atoms with Gasteiger partial charge >= 0.3 is 0 Å². The molecule has 0 radical (unpaired) electrons. The van der Waals surface area contributed by atoms with E-state index in [2.05, 4.69) is 0 Å². The fourth-order valence-corrected chi connectivity index (χ4v) is 2.41. The van der Waals surface area contributed by atoms with Gasteiger partial charge in [0, 0.05) is 6.42 Å². The van der Waals surface area contributed by atoms with Crippen molar-refractivity contribution in [2.45, 2.75) is 19.4 Å². The summed E-state index contributed by atoms with van der Waals surface area (Å²) in [5.41, 5.74) is 3.05. The van der Waals surface area contributed by atoms with Crippen molar-refractivity contribution in [2.75, 3.05) is 13.9 Å². The molecule has 1 unspecified atom stereocenters. The van der Waals surface area contributed by atoms with Gasteiger partial charge in [0.05, 0.1) is 13.2 Å². The molecule has 110 valence electrons. The summed E-state index contributed by atoms with van der Waals surface area (Å²) in [6.07, 6.45) is -0.0700. The number of hydrogen-bond donors (Lipinski definition) is 1. The van der Waals surface area contributed by atoms with Gasteiger partial charge in [-0.3, -0.25) is 0 Å². The Bertz CT molecular complexity index is 634. The lowest BCUT2D eigenvalue weighted by Gasteiger charge is -2.14. The summed E-state index contributed by atoms with van der Waals surface area (Å²) >= 11 is 0. The van der Waals surface area contributed by atoms with Crippen LogP contribution in [0, 0.1) is 6.92 Å². The highest BCUT2D eigenvalue weighted by Crippen LogP contribution is 2.43. The number of aryl methyl sites for hydroxylation is 1. The van der Waals surface area contributed by atoms with Crippen LogP contribution in [0.5, 0.6) is 17.2 Å². The Labute approximate surface area is 123 Å². The zero-order valence-corrected chi connectivity index (χ0v) is 12.1. The van der Waals surface area contributed by atoms with Crippen molar-refractivity contribution in [3.05, 3.63) is 53.1 Å². The van der Waals surface area contributed by atoms with Gasteiger partial charge in [-0.1, -0.05) is 29.8 Å². The third kappa shape index (κ3) is 2.81. The molecule has 1 heterocycles. The molecule has 0 spiro atoms. The van der Waals surface area contributed by atoms with Crippen LogP contribution in [0.25, 0.3) is 0 Å².